The Hall–Kier alpha value is -1.41. The molecular weight excluding hydrogens is 278 g/mol. The van der Waals surface area contributed by atoms with Crippen LogP contribution >= 0.6 is 0 Å². The van der Waals surface area contributed by atoms with E-state index in [0.717, 1.165) is 0 Å². The minimum atomic E-state index is -3.64. The Balaban J connectivity index is 3.06. The number of sulfonamides is 1. The molecule has 8 heteroatoms. The van der Waals surface area contributed by atoms with Crippen molar-refractivity contribution in [2.75, 3.05) is 13.1 Å². The van der Waals surface area contributed by atoms with E-state index in [1.54, 1.807) is 18.5 Å². The molecule has 0 radical (unpaired) electrons. The summed E-state index contributed by atoms with van der Waals surface area (Å²) < 4.78 is 28.2. The van der Waals surface area contributed by atoms with E-state index >= 15 is 0 Å². The summed E-state index contributed by atoms with van der Waals surface area (Å²) in [6, 6.07) is 0. The highest BCUT2D eigenvalue weighted by molar-refractivity contribution is 7.89. The molecule has 114 valence electrons. The molecule has 0 amide bonds. The quantitative estimate of drug-likeness (QED) is 0.571. The maximum absolute atomic E-state index is 12.6. The molecule has 0 saturated carbocycles. The zero-order chi connectivity index (χ0) is 15.5. The molecule has 0 saturated heterocycles. The third-order valence-corrected chi connectivity index (χ3v) is 4.63. The number of nitrogens with zero attached hydrogens (tertiary/aromatic N) is 3. The first kappa shape index (κ1) is 16.6. The van der Waals surface area contributed by atoms with Crippen molar-refractivity contribution in [2.45, 2.75) is 32.2 Å². The predicted octanol–water partition coefficient (Wildman–Crippen LogP) is 0.701. The van der Waals surface area contributed by atoms with Crippen molar-refractivity contribution >= 4 is 15.9 Å². The average Bonchev–Trinajstić information content (AvgIpc) is 2.65. The van der Waals surface area contributed by atoms with Crippen molar-refractivity contribution in [2.24, 2.45) is 18.7 Å². The van der Waals surface area contributed by atoms with Crippen LogP contribution in [0.1, 0.15) is 26.1 Å². The standard InChI is InChI=1S/C12H23N5O2S/c1-9(2)7-17(6-5-11(13)14)20(18,19)12-8-16(4)10(3)15-12/h8-9H,5-7H2,1-4H3,(H3,13,14). The van der Waals surface area contributed by atoms with Crippen LogP contribution in [0.4, 0.5) is 0 Å². The lowest BCUT2D eigenvalue weighted by atomic mass is 10.2. The van der Waals surface area contributed by atoms with Gasteiger partial charge < -0.3 is 10.3 Å². The fraction of sp³-hybridized carbons (Fsp3) is 0.667. The Kier molecular flexibility index (Phi) is 5.29. The minimum Gasteiger partial charge on any atom is -0.388 e. The minimum absolute atomic E-state index is 0.0221. The van der Waals surface area contributed by atoms with Crippen LogP contribution in [0.3, 0.4) is 0 Å². The normalized spacial score (nSPS) is 12.3. The number of hydrogen-bond donors (Lipinski definition) is 2. The van der Waals surface area contributed by atoms with Gasteiger partial charge in [-0.1, -0.05) is 13.8 Å². The van der Waals surface area contributed by atoms with Gasteiger partial charge in [-0.05, 0) is 12.8 Å². The van der Waals surface area contributed by atoms with Crippen LogP contribution in [0.2, 0.25) is 0 Å². The van der Waals surface area contributed by atoms with E-state index in [9.17, 15) is 8.42 Å². The maximum atomic E-state index is 12.6. The summed E-state index contributed by atoms with van der Waals surface area (Å²) in [5.74, 6) is 0.798. The Morgan fingerprint density at radius 2 is 2.15 bits per heavy atom. The molecule has 0 aliphatic carbocycles. The van der Waals surface area contributed by atoms with Crippen LogP contribution in [0.25, 0.3) is 0 Å². The molecule has 0 aliphatic heterocycles. The van der Waals surface area contributed by atoms with E-state index in [1.165, 1.54) is 10.5 Å². The van der Waals surface area contributed by atoms with Crippen molar-refractivity contribution < 1.29 is 8.42 Å². The van der Waals surface area contributed by atoms with Crippen molar-refractivity contribution in [1.82, 2.24) is 13.9 Å². The smallest absolute Gasteiger partial charge is 0.262 e. The molecule has 0 aliphatic rings. The number of nitrogens with one attached hydrogen (secondary N) is 1. The van der Waals surface area contributed by atoms with E-state index < -0.39 is 10.0 Å². The van der Waals surface area contributed by atoms with Crippen LogP contribution in [-0.2, 0) is 17.1 Å². The number of nitrogens with two attached hydrogens (primary N) is 1. The molecule has 0 aromatic carbocycles. The van der Waals surface area contributed by atoms with Gasteiger partial charge in [-0.3, -0.25) is 5.41 Å². The molecule has 0 bridgehead atoms. The van der Waals surface area contributed by atoms with Crippen LogP contribution in [-0.4, -0.2) is 41.2 Å². The fourth-order valence-corrected chi connectivity index (χ4v) is 3.37. The van der Waals surface area contributed by atoms with Crippen LogP contribution in [0, 0.1) is 18.3 Å². The van der Waals surface area contributed by atoms with E-state index in [-0.39, 0.29) is 29.7 Å². The number of aryl methyl sites for hydroxylation is 2. The Morgan fingerprint density at radius 1 is 1.55 bits per heavy atom. The van der Waals surface area contributed by atoms with Gasteiger partial charge in [-0.15, -0.1) is 0 Å². The van der Waals surface area contributed by atoms with Crippen LogP contribution in [0.5, 0.6) is 0 Å². The van der Waals surface area contributed by atoms with Gasteiger partial charge in [-0.25, -0.2) is 13.4 Å². The second-order valence-electron chi connectivity index (χ2n) is 5.27. The van der Waals surface area contributed by atoms with Gasteiger partial charge in [0.15, 0.2) is 5.03 Å². The number of aromatic nitrogens is 2. The largest absolute Gasteiger partial charge is 0.388 e. The topological polar surface area (TPSA) is 105 Å². The third kappa shape index (κ3) is 4.04. The summed E-state index contributed by atoms with van der Waals surface area (Å²) in [7, 11) is -1.89. The Labute approximate surface area is 120 Å². The zero-order valence-corrected chi connectivity index (χ0v) is 13.2. The molecule has 0 fully saturated rings. The zero-order valence-electron chi connectivity index (χ0n) is 12.4. The first-order chi connectivity index (χ1) is 9.14. The van der Waals surface area contributed by atoms with E-state index in [4.69, 9.17) is 11.1 Å². The molecule has 1 aromatic heterocycles. The number of hydrogen-bond acceptors (Lipinski definition) is 4. The van der Waals surface area contributed by atoms with Crippen molar-refractivity contribution in [3.63, 3.8) is 0 Å². The van der Waals surface area contributed by atoms with E-state index in [0.29, 0.717) is 12.4 Å². The molecule has 0 unspecified atom stereocenters. The summed E-state index contributed by atoms with van der Waals surface area (Å²) in [6.45, 7) is 6.22. The third-order valence-electron chi connectivity index (χ3n) is 2.89. The van der Waals surface area contributed by atoms with Gasteiger partial charge >= 0.3 is 0 Å². The average molecular weight is 301 g/mol. The van der Waals surface area contributed by atoms with Gasteiger partial charge in [0.25, 0.3) is 10.0 Å². The lowest BCUT2D eigenvalue weighted by Gasteiger charge is -2.22. The molecule has 3 N–H and O–H groups in total. The summed E-state index contributed by atoms with van der Waals surface area (Å²) in [5.41, 5.74) is 5.32. The van der Waals surface area contributed by atoms with Crippen molar-refractivity contribution in [3.8, 4) is 0 Å². The molecule has 0 spiro atoms. The molecule has 0 atom stereocenters. The van der Waals surface area contributed by atoms with Gasteiger partial charge in [0.05, 0.1) is 5.84 Å². The highest BCUT2D eigenvalue weighted by Gasteiger charge is 2.27. The molecule has 1 rings (SSSR count). The SMILES string of the molecule is Cc1nc(S(=O)(=O)N(CCC(=N)N)CC(C)C)cn1C. The van der Waals surface area contributed by atoms with E-state index in [2.05, 4.69) is 4.98 Å². The maximum Gasteiger partial charge on any atom is 0.262 e. The number of rotatable bonds is 7. The van der Waals surface area contributed by atoms with Gasteiger partial charge in [-0.2, -0.15) is 4.31 Å². The van der Waals surface area contributed by atoms with Crippen LogP contribution in [0.15, 0.2) is 11.2 Å². The molecular formula is C12H23N5O2S. The van der Waals surface area contributed by atoms with Crippen LogP contribution < -0.4 is 5.73 Å². The van der Waals surface area contributed by atoms with Gasteiger partial charge in [0.2, 0.25) is 0 Å². The summed E-state index contributed by atoms with van der Waals surface area (Å²) in [5, 5.41) is 7.30. The van der Waals surface area contributed by atoms with E-state index in [1.807, 2.05) is 13.8 Å². The predicted molar refractivity (Wildman–Crippen MR) is 78.1 cm³/mol. The summed E-state index contributed by atoms with van der Waals surface area (Å²) in [4.78, 5) is 4.09. The number of amidine groups is 1. The van der Waals surface area contributed by atoms with Crippen molar-refractivity contribution in [3.05, 3.63) is 12.0 Å². The fourth-order valence-electron chi connectivity index (χ4n) is 1.74. The lowest BCUT2D eigenvalue weighted by Crippen LogP contribution is -2.36. The summed E-state index contributed by atoms with van der Waals surface area (Å²) in [6.07, 6.45) is 1.73. The van der Waals surface area contributed by atoms with Gasteiger partial charge in [0, 0.05) is 32.8 Å². The highest BCUT2D eigenvalue weighted by atomic mass is 32.2. The molecule has 1 heterocycles. The molecule has 1 aromatic rings. The van der Waals surface area contributed by atoms with Gasteiger partial charge in [0.1, 0.15) is 5.82 Å². The highest BCUT2D eigenvalue weighted by Crippen LogP contribution is 2.16. The lowest BCUT2D eigenvalue weighted by molar-refractivity contribution is 0.373. The first-order valence-corrected chi connectivity index (χ1v) is 7.91. The second kappa shape index (κ2) is 6.36. The van der Waals surface area contributed by atoms with Crippen molar-refractivity contribution in [1.29, 1.82) is 5.41 Å². The first-order valence-electron chi connectivity index (χ1n) is 6.47. The number of imidazole rings is 1. The Morgan fingerprint density at radius 3 is 2.55 bits per heavy atom. The summed E-state index contributed by atoms with van der Waals surface area (Å²) >= 11 is 0. The Bertz CT molecular complexity index is 557. The monoisotopic (exact) mass is 301 g/mol. The second-order valence-corrected chi connectivity index (χ2v) is 7.15. The molecule has 20 heavy (non-hydrogen) atoms. The molecule has 7 nitrogen and oxygen atoms in total.